The van der Waals surface area contributed by atoms with Gasteiger partial charge < -0.3 is 15.7 Å². The topological polar surface area (TPSA) is 95.5 Å². The van der Waals surface area contributed by atoms with Gasteiger partial charge in [0, 0.05) is 19.8 Å². The lowest BCUT2D eigenvalue weighted by atomic mass is 10.0. The van der Waals surface area contributed by atoms with E-state index in [4.69, 9.17) is 5.11 Å². The summed E-state index contributed by atoms with van der Waals surface area (Å²) in [5, 5.41) is 14.0. The van der Waals surface area contributed by atoms with E-state index >= 15 is 0 Å². The van der Waals surface area contributed by atoms with Crippen LogP contribution in [0.3, 0.4) is 0 Å². The third kappa shape index (κ3) is 6.91. The number of amides is 2. The standard InChI is InChI=1S/C16H18BrFN2O4/c1-9(17)7-14(16(23)24)20-15(22)13(19-10(2)21)8-11-3-5-12(18)6-4-11/h3-6,13-14H,1,7-8H2,2H3,(H,19,21)(H,20,22)(H,23,24)/t13-,14-/m0/s1. The first-order valence-electron chi connectivity index (χ1n) is 7.07. The van der Waals surface area contributed by atoms with Crippen LogP contribution in [0.25, 0.3) is 0 Å². The SMILES string of the molecule is C=C(Br)C[C@H](NC(=O)[C@H](Cc1ccc(F)cc1)NC(C)=O)C(=O)O. The molecule has 0 heterocycles. The first-order chi connectivity index (χ1) is 11.2. The number of aliphatic carboxylic acids is 1. The van der Waals surface area contributed by atoms with Gasteiger partial charge in [-0.2, -0.15) is 0 Å². The second-order valence-electron chi connectivity index (χ2n) is 5.20. The molecule has 0 saturated carbocycles. The molecule has 0 aliphatic carbocycles. The van der Waals surface area contributed by atoms with Crippen LogP contribution >= 0.6 is 15.9 Å². The highest BCUT2D eigenvalue weighted by Gasteiger charge is 2.26. The molecule has 0 bridgehead atoms. The highest BCUT2D eigenvalue weighted by Crippen LogP contribution is 2.11. The van der Waals surface area contributed by atoms with Crippen LogP contribution < -0.4 is 10.6 Å². The Labute approximate surface area is 147 Å². The minimum Gasteiger partial charge on any atom is -0.480 e. The van der Waals surface area contributed by atoms with E-state index in [-0.39, 0.29) is 12.8 Å². The van der Waals surface area contributed by atoms with Crippen molar-refractivity contribution in [2.45, 2.75) is 31.8 Å². The Morgan fingerprint density at radius 3 is 2.25 bits per heavy atom. The molecule has 8 heteroatoms. The molecule has 3 N–H and O–H groups in total. The molecule has 0 fully saturated rings. The number of hydrogen-bond donors (Lipinski definition) is 3. The fourth-order valence-electron chi connectivity index (χ4n) is 2.00. The average Bonchev–Trinajstić information content (AvgIpc) is 2.47. The second kappa shape index (κ2) is 9.17. The van der Waals surface area contributed by atoms with Crippen LogP contribution in [-0.2, 0) is 20.8 Å². The van der Waals surface area contributed by atoms with E-state index in [2.05, 4.69) is 33.1 Å². The molecule has 0 radical (unpaired) electrons. The van der Waals surface area contributed by atoms with Crippen LogP contribution in [0.2, 0.25) is 0 Å². The minimum absolute atomic E-state index is 0.00438. The summed E-state index contributed by atoms with van der Waals surface area (Å²) >= 11 is 3.06. The van der Waals surface area contributed by atoms with Crippen LogP contribution in [0.15, 0.2) is 35.3 Å². The van der Waals surface area contributed by atoms with Crippen molar-refractivity contribution in [2.24, 2.45) is 0 Å². The van der Waals surface area contributed by atoms with E-state index in [1.54, 1.807) is 0 Å². The molecule has 0 spiro atoms. The summed E-state index contributed by atoms with van der Waals surface area (Å²) in [6, 6.07) is 3.32. The number of benzene rings is 1. The van der Waals surface area contributed by atoms with E-state index in [0.29, 0.717) is 10.0 Å². The van der Waals surface area contributed by atoms with Gasteiger partial charge in [0.05, 0.1) is 0 Å². The molecule has 130 valence electrons. The number of carbonyl (C=O) groups is 3. The molecule has 6 nitrogen and oxygen atoms in total. The van der Waals surface area contributed by atoms with Gasteiger partial charge in [-0.15, -0.1) is 0 Å². The van der Waals surface area contributed by atoms with Crippen molar-refractivity contribution >= 4 is 33.7 Å². The zero-order valence-electron chi connectivity index (χ0n) is 13.0. The maximum absolute atomic E-state index is 12.9. The van der Waals surface area contributed by atoms with Crippen molar-refractivity contribution in [3.05, 3.63) is 46.7 Å². The van der Waals surface area contributed by atoms with Crippen molar-refractivity contribution in [3.63, 3.8) is 0 Å². The van der Waals surface area contributed by atoms with Crippen LogP contribution in [0.1, 0.15) is 18.9 Å². The van der Waals surface area contributed by atoms with Gasteiger partial charge in [-0.05, 0) is 22.2 Å². The molecule has 1 rings (SSSR count). The van der Waals surface area contributed by atoms with Crippen LogP contribution in [0.5, 0.6) is 0 Å². The number of carboxylic acid groups (broad SMARTS) is 1. The van der Waals surface area contributed by atoms with Crippen LogP contribution in [0, 0.1) is 5.82 Å². The fourth-order valence-corrected chi connectivity index (χ4v) is 2.33. The molecule has 0 aliphatic heterocycles. The van der Waals surface area contributed by atoms with Gasteiger partial charge in [-0.3, -0.25) is 9.59 Å². The zero-order chi connectivity index (χ0) is 18.3. The number of nitrogens with one attached hydrogen (secondary N) is 2. The Kier molecular flexibility index (Phi) is 7.57. The number of rotatable bonds is 8. The summed E-state index contributed by atoms with van der Waals surface area (Å²) in [5.41, 5.74) is 0.627. The predicted molar refractivity (Wildman–Crippen MR) is 90.0 cm³/mol. The summed E-state index contributed by atoms with van der Waals surface area (Å²) in [5.74, 6) is -2.71. The first kappa shape index (κ1) is 19.8. The third-order valence-electron chi connectivity index (χ3n) is 3.09. The molecule has 1 aromatic rings. The largest absolute Gasteiger partial charge is 0.480 e. The van der Waals surface area contributed by atoms with E-state index in [0.717, 1.165) is 0 Å². The van der Waals surface area contributed by atoms with E-state index in [1.807, 2.05) is 0 Å². The molecule has 0 unspecified atom stereocenters. The van der Waals surface area contributed by atoms with Gasteiger partial charge in [0.2, 0.25) is 11.8 Å². The van der Waals surface area contributed by atoms with Gasteiger partial charge >= 0.3 is 5.97 Å². The Bertz CT molecular complexity index is 633. The zero-order valence-corrected chi connectivity index (χ0v) is 14.6. The predicted octanol–water partition coefficient (Wildman–Crippen LogP) is 1.74. The highest BCUT2D eigenvalue weighted by molar-refractivity contribution is 9.11. The van der Waals surface area contributed by atoms with E-state index < -0.39 is 35.7 Å². The van der Waals surface area contributed by atoms with Gasteiger partial charge in [0.1, 0.15) is 17.9 Å². The van der Waals surface area contributed by atoms with E-state index in [1.165, 1.54) is 31.2 Å². The van der Waals surface area contributed by atoms with Crippen molar-refractivity contribution in [3.8, 4) is 0 Å². The summed E-state index contributed by atoms with van der Waals surface area (Å²) in [6.45, 7) is 4.80. The summed E-state index contributed by atoms with van der Waals surface area (Å²) < 4.78 is 13.4. The number of hydrogen-bond acceptors (Lipinski definition) is 3. The molecule has 0 aliphatic rings. The number of halogens is 2. The summed E-state index contributed by atoms with van der Waals surface area (Å²) in [4.78, 5) is 34.9. The minimum atomic E-state index is -1.22. The quantitative estimate of drug-likeness (QED) is 0.619. The molecule has 1 aromatic carbocycles. The van der Waals surface area contributed by atoms with Crippen molar-refractivity contribution in [1.82, 2.24) is 10.6 Å². The lowest BCUT2D eigenvalue weighted by molar-refractivity contribution is -0.142. The normalized spacial score (nSPS) is 12.8. The number of carboxylic acids is 1. The van der Waals surface area contributed by atoms with Crippen LogP contribution in [-0.4, -0.2) is 35.0 Å². The first-order valence-corrected chi connectivity index (χ1v) is 7.86. The van der Waals surface area contributed by atoms with Crippen molar-refractivity contribution in [2.75, 3.05) is 0 Å². The smallest absolute Gasteiger partial charge is 0.326 e. The van der Waals surface area contributed by atoms with Crippen molar-refractivity contribution < 1.29 is 23.9 Å². The summed E-state index contributed by atoms with van der Waals surface area (Å²) in [6.07, 6.45) is 0.109. The van der Waals surface area contributed by atoms with Gasteiger partial charge in [0.25, 0.3) is 0 Å². The Morgan fingerprint density at radius 1 is 1.21 bits per heavy atom. The highest BCUT2D eigenvalue weighted by atomic mass is 79.9. The lowest BCUT2D eigenvalue weighted by Crippen LogP contribution is -2.52. The average molecular weight is 401 g/mol. The number of carbonyl (C=O) groups excluding carboxylic acids is 2. The molecule has 24 heavy (non-hydrogen) atoms. The Balaban J connectivity index is 2.87. The Hall–Kier alpha value is -2.22. The van der Waals surface area contributed by atoms with E-state index in [9.17, 15) is 18.8 Å². The Morgan fingerprint density at radius 2 is 1.79 bits per heavy atom. The molecular formula is C16H18BrFN2O4. The monoisotopic (exact) mass is 400 g/mol. The second-order valence-corrected chi connectivity index (χ2v) is 6.33. The van der Waals surface area contributed by atoms with Crippen LogP contribution in [0.4, 0.5) is 4.39 Å². The third-order valence-corrected chi connectivity index (χ3v) is 3.41. The molecule has 0 aromatic heterocycles. The van der Waals surface area contributed by atoms with Gasteiger partial charge in [-0.1, -0.05) is 34.6 Å². The molecule has 2 amide bonds. The maximum atomic E-state index is 12.9. The van der Waals surface area contributed by atoms with Gasteiger partial charge in [-0.25, -0.2) is 9.18 Å². The molecular weight excluding hydrogens is 383 g/mol. The van der Waals surface area contributed by atoms with Gasteiger partial charge in [0.15, 0.2) is 0 Å². The van der Waals surface area contributed by atoms with Crippen molar-refractivity contribution in [1.29, 1.82) is 0 Å². The maximum Gasteiger partial charge on any atom is 0.326 e. The molecule has 2 atom stereocenters. The summed E-state index contributed by atoms with van der Waals surface area (Å²) in [7, 11) is 0. The fraction of sp³-hybridized carbons (Fsp3) is 0.312. The lowest BCUT2D eigenvalue weighted by Gasteiger charge is -2.21. The molecule has 0 saturated heterocycles.